The van der Waals surface area contributed by atoms with Gasteiger partial charge in [-0.3, -0.25) is 14.5 Å². The van der Waals surface area contributed by atoms with Crippen LogP contribution in [0.1, 0.15) is 32.1 Å². The summed E-state index contributed by atoms with van der Waals surface area (Å²) in [5.74, 6) is -0.0326. The molecule has 5 heteroatoms. The van der Waals surface area contributed by atoms with E-state index >= 15 is 0 Å². The van der Waals surface area contributed by atoms with E-state index in [1.807, 2.05) is 0 Å². The highest BCUT2D eigenvalue weighted by atomic mass is 16.5. The third-order valence-corrected chi connectivity index (χ3v) is 3.69. The second-order valence-corrected chi connectivity index (χ2v) is 5.17. The van der Waals surface area contributed by atoms with Gasteiger partial charge in [-0.25, -0.2) is 0 Å². The summed E-state index contributed by atoms with van der Waals surface area (Å²) in [5, 5.41) is 3.27. The summed E-state index contributed by atoms with van der Waals surface area (Å²) in [6.07, 6.45) is 4.35. The van der Waals surface area contributed by atoms with Crippen LogP contribution in [0.3, 0.4) is 0 Å². The molecule has 0 aromatic carbocycles. The average Bonchev–Trinajstić information content (AvgIpc) is 3.10. The molecule has 3 aliphatic rings. The number of carbonyl (C=O) groups excluding carboxylic acids is 2. The Bertz CT molecular complexity index is 335. The average molecular weight is 238 g/mol. The van der Waals surface area contributed by atoms with E-state index in [0.717, 1.165) is 32.3 Å². The van der Waals surface area contributed by atoms with Crippen molar-refractivity contribution in [3.8, 4) is 0 Å². The Morgan fingerprint density at radius 2 is 2.06 bits per heavy atom. The fraction of sp³-hybridized carbons (Fsp3) is 0.833. The molecule has 2 atom stereocenters. The van der Waals surface area contributed by atoms with Crippen molar-refractivity contribution in [3.63, 3.8) is 0 Å². The molecule has 0 aromatic rings. The normalized spacial score (nSPS) is 34.5. The van der Waals surface area contributed by atoms with Crippen molar-refractivity contribution in [2.75, 3.05) is 13.2 Å². The largest absolute Gasteiger partial charge is 0.380 e. The van der Waals surface area contributed by atoms with Crippen LogP contribution in [0.4, 0.5) is 0 Å². The van der Waals surface area contributed by atoms with Crippen molar-refractivity contribution in [2.45, 2.75) is 50.2 Å². The minimum atomic E-state index is -0.310. The van der Waals surface area contributed by atoms with Gasteiger partial charge in [0.05, 0.1) is 19.1 Å². The molecule has 3 rings (SSSR count). The van der Waals surface area contributed by atoms with E-state index in [9.17, 15) is 9.59 Å². The Morgan fingerprint density at radius 3 is 2.71 bits per heavy atom. The van der Waals surface area contributed by atoms with Crippen LogP contribution in [0.15, 0.2) is 0 Å². The number of imide groups is 1. The number of carbonyl (C=O) groups is 2. The number of nitrogens with one attached hydrogen (secondary N) is 1. The van der Waals surface area contributed by atoms with Gasteiger partial charge in [-0.1, -0.05) is 0 Å². The number of likely N-dealkylation sites (tertiary alicyclic amines) is 1. The predicted molar refractivity (Wildman–Crippen MR) is 60.3 cm³/mol. The van der Waals surface area contributed by atoms with Gasteiger partial charge < -0.3 is 10.1 Å². The van der Waals surface area contributed by atoms with Crippen molar-refractivity contribution in [1.29, 1.82) is 0 Å². The van der Waals surface area contributed by atoms with E-state index in [0.29, 0.717) is 13.0 Å². The van der Waals surface area contributed by atoms with Gasteiger partial charge in [0.1, 0.15) is 0 Å². The van der Waals surface area contributed by atoms with E-state index in [-0.39, 0.29) is 29.9 Å². The summed E-state index contributed by atoms with van der Waals surface area (Å²) >= 11 is 0. The van der Waals surface area contributed by atoms with Gasteiger partial charge in [0, 0.05) is 18.7 Å². The van der Waals surface area contributed by atoms with Gasteiger partial charge in [-0.15, -0.1) is 0 Å². The zero-order valence-electron chi connectivity index (χ0n) is 9.85. The molecule has 1 aliphatic carbocycles. The molecule has 2 heterocycles. The van der Waals surface area contributed by atoms with Crippen LogP contribution in [-0.4, -0.2) is 48.1 Å². The molecule has 5 nitrogen and oxygen atoms in total. The maximum Gasteiger partial charge on any atom is 0.247 e. The molecule has 94 valence electrons. The Hall–Kier alpha value is -0.940. The van der Waals surface area contributed by atoms with Crippen molar-refractivity contribution >= 4 is 11.8 Å². The molecule has 2 saturated heterocycles. The fourth-order valence-corrected chi connectivity index (χ4v) is 2.65. The van der Waals surface area contributed by atoms with Crippen LogP contribution in [0, 0.1) is 0 Å². The first-order valence-electron chi connectivity index (χ1n) is 6.45. The highest BCUT2D eigenvalue weighted by molar-refractivity contribution is 6.06. The number of hydrogen-bond donors (Lipinski definition) is 1. The van der Waals surface area contributed by atoms with Gasteiger partial charge in [0.2, 0.25) is 11.8 Å². The lowest BCUT2D eigenvalue weighted by atomic mass is 10.1. The number of ether oxygens (including phenoxy) is 1. The molecule has 0 bridgehead atoms. The molecule has 2 aliphatic heterocycles. The van der Waals surface area contributed by atoms with Gasteiger partial charge in [0.15, 0.2) is 0 Å². The Morgan fingerprint density at radius 1 is 1.24 bits per heavy atom. The Labute approximate surface area is 100 Å². The molecule has 1 saturated carbocycles. The van der Waals surface area contributed by atoms with Crippen LogP contribution in [-0.2, 0) is 14.3 Å². The Balaban J connectivity index is 1.60. The lowest BCUT2D eigenvalue weighted by Gasteiger charge is -2.25. The number of rotatable bonds is 3. The fourth-order valence-electron chi connectivity index (χ4n) is 2.65. The van der Waals surface area contributed by atoms with Crippen molar-refractivity contribution < 1.29 is 14.3 Å². The van der Waals surface area contributed by atoms with Gasteiger partial charge >= 0.3 is 0 Å². The first-order valence-corrected chi connectivity index (χ1v) is 6.45. The molecular formula is C12H18N2O3. The molecule has 2 unspecified atom stereocenters. The van der Waals surface area contributed by atoms with Crippen LogP contribution in [0.25, 0.3) is 0 Å². The first kappa shape index (κ1) is 11.2. The second-order valence-electron chi connectivity index (χ2n) is 5.17. The van der Waals surface area contributed by atoms with Crippen molar-refractivity contribution in [3.05, 3.63) is 0 Å². The molecule has 0 aromatic heterocycles. The van der Waals surface area contributed by atoms with Crippen molar-refractivity contribution in [1.82, 2.24) is 10.2 Å². The lowest BCUT2D eigenvalue weighted by molar-refractivity contribution is -0.139. The van der Waals surface area contributed by atoms with E-state index in [4.69, 9.17) is 4.74 Å². The van der Waals surface area contributed by atoms with Crippen LogP contribution >= 0.6 is 0 Å². The minimum absolute atomic E-state index is 0.00766. The predicted octanol–water partition coefficient (Wildman–Crippen LogP) is 0.0449. The number of nitrogens with zero attached hydrogens (tertiary/aromatic N) is 1. The summed E-state index contributed by atoms with van der Waals surface area (Å²) in [5.41, 5.74) is 0. The zero-order chi connectivity index (χ0) is 11.8. The van der Waals surface area contributed by atoms with E-state index in [2.05, 4.69) is 5.32 Å². The van der Waals surface area contributed by atoms with E-state index in [1.165, 1.54) is 4.90 Å². The van der Waals surface area contributed by atoms with Crippen LogP contribution < -0.4 is 5.32 Å². The van der Waals surface area contributed by atoms with Gasteiger partial charge in [-0.2, -0.15) is 0 Å². The second kappa shape index (κ2) is 4.38. The van der Waals surface area contributed by atoms with Crippen LogP contribution in [0.5, 0.6) is 0 Å². The summed E-state index contributed by atoms with van der Waals surface area (Å²) < 4.78 is 5.37. The molecule has 0 radical (unpaired) electrons. The highest BCUT2D eigenvalue weighted by Gasteiger charge is 2.46. The Kier molecular flexibility index (Phi) is 2.88. The molecular weight excluding hydrogens is 220 g/mol. The smallest absolute Gasteiger partial charge is 0.247 e. The number of hydrogen-bond acceptors (Lipinski definition) is 4. The first-order chi connectivity index (χ1) is 8.25. The zero-order valence-corrected chi connectivity index (χ0v) is 9.85. The van der Waals surface area contributed by atoms with Gasteiger partial charge in [0.25, 0.3) is 0 Å². The third-order valence-electron chi connectivity index (χ3n) is 3.69. The third kappa shape index (κ3) is 2.21. The standard InChI is InChI=1S/C12H18N2O3/c15-11-6-10(12(16)14(11)9-3-4-9)13-8-2-1-5-17-7-8/h8-10,13H,1-7H2. The quantitative estimate of drug-likeness (QED) is 0.706. The molecule has 3 fully saturated rings. The summed E-state index contributed by atoms with van der Waals surface area (Å²) in [4.78, 5) is 25.3. The maximum atomic E-state index is 12.1. The van der Waals surface area contributed by atoms with E-state index in [1.54, 1.807) is 0 Å². The van der Waals surface area contributed by atoms with Crippen molar-refractivity contribution in [2.24, 2.45) is 0 Å². The molecule has 2 amide bonds. The summed E-state index contributed by atoms with van der Waals surface area (Å²) in [6.45, 7) is 1.46. The SMILES string of the molecule is O=C1CC(NC2CCCOC2)C(=O)N1C1CC1. The molecule has 1 N–H and O–H groups in total. The summed E-state index contributed by atoms with van der Waals surface area (Å²) in [6, 6.07) is 0.115. The molecule has 17 heavy (non-hydrogen) atoms. The minimum Gasteiger partial charge on any atom is -0.380 e. The van der Waals surface area contributed by atoms with Crippen LogP contribution in [0.2, 0.25) is 0 Å². The molecule has 0 spiro atoms. The monoisotopic (exact) mass is 238 g/mol. The lowest BCUT2D eigenvalue weighted by Crippen LogP contribution is -2.47. The van der Waals surface area contributed by atoms with E-state index < -0.39 is 0 Å². The van der Waals surface area contributed by atoms with Gasteiger partial charge in [-0.05, 0) is 25.7 Å². The topological polar surface area (TPSA) is 58.6 Å². The summed E-state index contributed by atoms with van der Waals surface area (Å²) in [7, 11) is 0. The number of amides is 2. The highest BCUT2D eigenvalue weighted by Crippen LogP contribution is 2.31. The maximum absolute atomic E-state index is 12.1.